The molecule has 1 aromatic rings. The number of nitrogens with one attached hydrogen (secondary N) is 2. The summed E-state index contributed by atoms with van der Waals surface area (Å²) in [5.41, 5.74) is 1.26. The van der Waals surface area contributed by atoms with Gasteiger partial charge >= 0.3 is 0 Å². The lowest BCUT2D eigenvalue weighted by molar-refractivity contribution is 0.131. The normalized spacial score (nSPS) is 20.2. The first-order valence-electron chi connectivity index (χ1n) is 9.55. The van der Waals surface area contributed by atoms with E-state index in [9.17, 15) is 5.11 Å². The smallest absolute Gasteiger partial charge is 0.191 e. The SMILES string of the molecule is CCNC(=NCC1(CCO)CCOC1)NCCCc1cccc(OC)c1. The second kappa shape index (κ2) is 11.0. The molecule has 1 aromatic carbocycles. The highest BCUT2D eigenvalue weighted by molar-refractivity contribution is 5.79. The summed E-state index contributed by atoms with van der Waals surface area (Å²) in [6.45, 7) is 6.06. The van der Waals surface area contributed by atoms with Crippen molar-refractivity contribution in [3.8, 4) is 5.75 Å². The summed E-state index contributed by atoms with van der Waals surface area (Å²) < 4.78 is 10.8. The summed E-state index contributed by atoms with van der Waals surface area (Å²) in [6.07, 6.45) is 3.71. The molecule has 1 fully saturated rings. The predicted octanol–water partition coefficient (Wildman–Crippen LogP) is 1.97. The van der Waals surface area contributed by atoms with E-state index in [1.54, 1.807) is 7.11 Å². The summed E-state index contributed by atoms with van der Waals surface area (Å²) in [4.78, 5) is 4.74. The zero-order chi connectivity index (χ0) is 18.7. The van der Waals surface area contributed by atoms with Gasteiger partial charge in [-0.3, -0.25) is 4.99 Å². The second-order valence-electron chi connectivity index (χ2n) is 6.85. The Bertz CT molecular complexity index is 557. The van der Waals surface area contributed by atoms with Crippen LogP contribution in [0.5, 0.6) is 5.75 Å². The van der Waals surface area contributed by atoms with Crippen molar-refractivity contribution in [2.24, 2.45) is 10.4 Å². The number of nitrogens with zero attached hydrogens (tertiary/aromatic N) is 1. The number of guanidine groups is 1. The van der Waals surface area contributed by atoms with E-state index in [2.05, 4.69) is 29.7 Å². The van der Waals surface area contributed by atoms with Crippen LogP contribution in [0.2, 0.25) is 0 Å². The highest BCUT2D eigenvalue weighted by Gasteiger charge is 2.34. The number of aliphatic hydroxyl groups excluding tert-OH is 1. The van der Waals surface area contributed by atoms with Crippen LogP contribution in [-0.4, -0.2) is 57.6 Å². The number of aryl methyl sites for hydroxylation is 1. The van der Waals surface area contributed by atoms with E-state index in [0.717, 1.165) is 57.1 Å². The number of benzene rings is 1. The minimum atomic E-state index is -0.0162. The average molecular weight is 364 g/mol. The van der Waals surface area contributed by atoms with Crippen LogP contribution in [0.15, 0.2) is 29.3 Å². The van der Waals surface area contributed by atoms with Gasteiger partial charge in [0, 0.05) is 31.7 Å². The fourth-order valence-corrected chi connectivity index (χ4v) is 3.20. The Morgan fingerprint density at radius 3 is 2.96 bits per heavy atom. The molecule has 0 aromatic heterocycles. The Hall–Kier alpha value is -1.79. The second-order valence-corrected chi connectivity index (χ2v) is 6.85. The number of rotatable bonds is 10. The maximum atomic E-state index is 9.34. The van der Waals surface area contributed by atoms with E-state index in [1.807, 2.05) is 12.1 Å². The largest absolute Gasteiger partial charge is 0.497 e. The molecule has 1 atom stereocenters. The first kappa shape index (κ1) is 20.5. The van der Waals surface area contributed by atoms with Gasteiger partial charge in [0.25, 0.3) is 0 Å². The molecular formula is C20H33N3O3. The summed E-state index contributed by atoms with van der Waals surface area (Å²) in [5, 5.41) is 16.0. The van der Waals surface area contributed by atoms with Crippen LogP contribution in [0.1, 0.15) is 31.7 Å². The van der Waals surface area contributed by atoms with Gasteiger partial charge in [-0.2, -0.15) is 0 Å². The highest BCUT2D eigenvalue weighted by Crippen LogP contribution is 2.32. The Morgan fingerprint density at radius 2 is 2.27 bits per heavy atom. The molecule has 1 aliphatic rings. The van der Waals surface area contributed by atoms with Crippen molar-refractivity contribution in [3.63, 3.8) is 0 Å². The Labute approximate surface area is 157 Å². The monoisotopic (exact) mass is 363 g/mol. The molecule has 0 bridgehead atoms. The fourth-order valence-electron chi connectivity index (χ4n) is 3.20. The van der Waals surface area contributed by atoms with Crippen LogP contribution in [0.25, 0.3) is 0 Å². The Balaban J connectivity index is 1.81. The summed E-state index contributed by atoms with van der Waals surface area (Å²) in [5.74, 6) is 1.74. The van der Waals surface area contributed by atoms with Crippen molar-refractivity contribution < 1.29 is 14.6 Å². The van der Waals surface area contributed by atoms with Crippen LogP contribution in [0.4, 0.5) is 0 Å². The summed E-state index contributed by atoms with van der Waals surface area (Å²) in [7, 11) is 1.69. The quantitative estimate of drug-likeness (QED) is 0.337. The topological polar surface area (TPSA) is 75.1 Å². The van der Waals surface area contributed by atoms with Crippen molar-refractivity contribution in [2.75, 3.05) is 46.6 Å². The first-order valence-corrected chi connectivity index (χ1v) is 9.55. The molecular weight excluding hydrogens is 330 g/mol. The lowest BCUT2D eigenvalue weighted by Gasteiger charge is -2.24. The molecule has 0 radical (unpaired) electrons. The van der Waals surface area contributed by atoms with Crippen molar-refractivity contribution in [2.45, 2.75) is 32.6 Å². The predicted molar refractivity (Wildman–Crippen MR) is 105 cm³/mol. The number of hydrogen-bond acceptors (Lipinski definition) is 4. The molecule has 3 N–H and O–H groups in total. The van der Waals surface area contributed by atoms with Gasteiger partial charge in [0.05, 0.1) is 20.3 Å². The first-order chi connectivity index (χ1) is 12.7. The third kappa shape index (κ3) is 6.50. The van der Waals surface area contributed by atoms with Gasteiger partial charge in [-0.1, -0.05) is 12.1 Å². The average Bonchev–Trinajstić information content (AvgIpc) is 3.12. The lowest BCUT2D eigenvalue weighted by Crippen LogP contribution is -2.39. The van der Waals surface area contributed by atoms with Crippen LogP contribution in [0, 0.1) is 5.41 Å². The van der Waals surface area contributed by atoms with Crippen LogP contribution in [0.3, 0.4) is 0 Å². The molecule has 1 unspecified atom stereocenters. The van der Waals surface area contributed by atoms with E-state index in [-0.39, 0.29) is 12.0 Å². The third-order valence-corrected chi connectivity index (χ3v) is 4.81. The zero-order valence-electron chi connectivity index (χ0n) is 16.1. The molecule has 1 saturated heterocycles. The van der Waals surface area contributed by atoms with Crippen molar-refractivity contribution in [1.82, 2.24) is 10.6 Å². The van der Waals surface area contributed by atoms with E-state index in [1.165, 1.54) is 5.56 Å². The van der Waals surface area contributed by atoms with E-state index >= 15 is 0 Å². The molecule has 1 heterocycles. The molecule has 0 saturated carbocycles. The van der Waals surface area contributed by atoms with Crippen LogP contribution < -0.4 is 15.4 Å². The maximum Gasteiger partial charge on any atom is 0.191 e. The van der Waals surface area contributed by atoms with Gasteiger partial charge in [0.15, 0.2) is 5.96 Å². The maximum absolute atomic E-state index is 9.34. The molecule has 0 aliphatic carbocycles. The van der Waals surface area contributed by atoms with Gasteiger partial charge in [-0.05, 0) is 50.3 Å². The number of ether oxygens (including phenoxy) is 2. The third-order valence-electron chi connectivity index (χ3n) is 4.81. The van der Waals surface area contributed by atoms with Gasteiger partial charge in [-0.25, -0.2) is 0 Å². The number of hydrogen-bond donors (Lipinski definition) is 3. The van der Waals surface area contributed by atoms with E-state index < -0.39 is 0 Å². The zero-order valence-corrected chi connectivity index (χ0v) is 16.1. The minimum Gasteiger partial charge on any atom is -0.497 e. The summed E-state index contributed by atoms with van der Waals surface area (Å²) in [6, 6.07) is 8.20. The molecule has 6 heteroatoms. The molecule has 146 valence electrons. The fraction of sp³-hybridized carbons (Fsp3) is 0.650. The highest BCUT2D eigenvalue weighted by atomic mass is 16.5. The van der Waals surface area contributed by atoms with Crippen molar-refractivity contribution in [1.29, 1.82) is 0 Å². The van der Waals surface area contributed by atoms with Gasteiger partial charge in [0.1, 0.15) is 5.75 Å². The van der Waals surface area contributed by atoms with Gasteiger partial charge in [-0.15, -0.1) is 0 Å². The summed E-state index contributed by atoms with van der Waals surface area (Å²) >= 11 is 0. The minimum absolute atomic E-state index is 0.0162. The van der Waals surface area contributed by atoms with Crippen LogP contribution in [-0.2, 0) is 11.2 Å². The molecule has 1 aliphatic heterocycles. The van der Waals surface area contributed by atoms with Gasteiger partial charge in [0.2, 0.25) is 0 Å². The molecule has 6 nitrogen and oxygen atoms in total. The molecule has 0 amide bonds. The number of aliphatic hydroxyl groups is 1. The number of aliphatic imine (C=N–C) groups is 1. The van der Waals surface area contributed by atoms with E-state index in [4.69, 9.17) is 14.5 Å². The number of methoxy groups -OCH3 is 1. The molecule has 0 spiro atoms. The van der Waals surface area contributed by atoms with Crippen molar-refractivity contribution >= 4 is 5.96 Å². The Kier molecular flexibility index (Phi) is 8.71. The molecule has 2 rings (SSSR count). The Morgan fingerprint density at radius 1 is 1.38 bits per heavy atom. The van der Waals surface area contributed by atoms with E-state index in [0.29, 0.717) is 13.2 Å². The van der Waals surface area contributed by atoms with Gasteiger partial charge < -0.3 is 25.2 Å². The van der Waals surface area contributed by atoms with Crippen LogP contribution >= 0.6 is 0 Å². The standard InChI is InChI=1S/C20H33N3O3/c1-3-21-19(23-15-20(9-12-24)10-13-26-16-20)22-11-5-7-17-6-4-8-18(14-17)25-2/h4,6,8,14,24H,3,5,7,9-13,15-16H2,1-2H3,(H2,21,22,23). The lowest BCUT2D eigenvalue weighted by atomic mass is 9.84. The molecule has 26 heavy (non-hydrogen) atoms. The van der Waals surface area contributed by atoms with Crippen molar-refractivity contribution in [3.05, 3.63) is 29.8 Å².